The summed E-state index contributed by atoms with van der Waals surface area (Å²) in [6.45, 7) is 3.37. The predicted octanol–water partition coefficient (Wildman–Crippen LogP) is 4.50. The van der Waals surface area contributed by atoms with Crippen LogP contribution in [0.3, 0.4) is 0 Å². The Morgan fingerprint density at radius 2 is 1.80 bits per heavy atom. The minimum atomic E-state index is -4.48. The largest absolute Gasteiger partial charge is 0.405 e. The van der Waals surface area contributed by atoms with Crippen molar-refractivity contribution in [2.45, 2.75) is 45.3 Å². The Hall–Kier alpha value is -3.36. The minimum absolute atomic E-state index is 0.0817. The van der Waals surface area contributed by atoms with Crippen molar-refractivity contribution in [2.75, 3.05) is 25.0 Å². The maximum atomic E-state index is 13.1. The second kappa shape index (κ2) is 10.9. The first-order chi connectivity index (χ1) is 16.5. The monoisotopic (exact) mass is 489 g/mol. The lowest BCUT2D eigenvalue weighted by atomic mass is 9.96. The molecule has 1 N–H and O–H groups in total. The van der Waals surface area contributed by atoms with Crippen LogP contribution in [-0.2, 0) is 16.1 Å². The normalized spacial score (nSPS) is 16.8. The van der Waals surface area contributed by atoms with Crippen LogP contribution in [0.15, 0.2) is 48.5 Å². The second-order valence-corrected chi connectivity index (χ2v) is 8.96. The Morgan fingerprint density at radius 3 is 2.43 bits per heavy atom. The van der Waals surface area contributed by atoms with E-state index in [0.717, 1.165) is 23.2 Å². The van der Waals surface area contributed by atoms with Crippen LogP contribution in [0.1, 0.15) is 54.1 Å². The number of carbonyl (C=O) groups excluding carboxylic acids is 3. The van der Waals surface area contributed by atoms with E-state index < -0.39 is 24.5 Å². The van der Waals surface area contributed by atoms with Crippen LogP contribution in [0.5, 0.6) is 0 Å². The molecule has 35 heavy (non-hydrogen) atoms. The van der Waals surface area contributed by atoms with Crippen molar-refractivity contribution in [3.63, 3.8) is 0 Å². The van der Waals surface area contributed by atoms with Crippen LogP contribution in [0.2, 0.25) is 0 Å². The number of benzene rings is 2. The quantitative estimate of drug-likeness (QED) is 0.594. The third kappa shape index (κ3) is 6.61. The van der Waals surface area contributed by atoms with Crippen LogP contribution in [-0.4, -0.2) is 48.9 Å². The molecule has 0 bridgehead atoms. The van der Waals surface area contributed by atoms with E-state index in [9.17, 15) is 27.6 Å². The molecule has 3 rings (SSSR count). The highest BCUT2D eigenvalue weighted by molar-refractivity contribution is 6.01. The van der Waals surface area contributed by atoms with E-state index in [-0.39, 0.29) is 36.3 Å². The first-order valence-corrected chi connectivity index (χ1v) is 11.6. The minimum Gasteiger partial charge on any atom is -0.343 e. The Balaban J connectivity index is 1.62. The summed E-state index contributed by atoms with van der Waals surface area (Å²) in [5.74, 6) is -1.24. The number of para-hydroxylation sites is 1. The SMILES string of the molecule is CCC(C)c1ccccc1N1CC(C(=O)N(C)Cc2ccc(C(=O)NCC(F)(F)F)cc2)CC1=O. The molecule has 0 aliphatic carbocycles. The van der Waals surface area contributed by atoms with Gasteiger partial charge in [-0.25, -0.2) is 0 Å². The molecule has 9 heteroatoms. The molecule has 2 atom stereocenters. The van der Waals surface area contributed by atoms with Gasteiger partial charge in [0.1, 0.15) is 6.54 Å². The van der Waals surface area contributed by atoms with Crippen LogP contribution in [0, 0.1) is 5.92 Å². The summed E-state index contributed by atoms with van der Waals surface area (Å²) in [6.07, 6.45) is -3.41. The molecule has 1 aliphatic rings. The van der Waals surface area contributed by atoms with E-state index >= 15 is 0 Å². The van der Waals surface area contributed by atoms with E-state index in [1.165, 1.54) is 17.0 Å². The van der Waals surface area contributed by atoms with E-state index in [1.54, 1.807) is 24.1 Å². The molecule has 0 saturated carbocycles. The maximum absolute atomic E-state index is 13.1. The van der Waals surface area contributed by atoms with Crippen molar-refractivity contribution in [1.82, 2.24) is 10.2 Å². The number of halogens is 3. The van der Waals surface area contributed by atoms with Crippen molar-refractivity contribution >= 4 is 23.4 Å². The van der Waals surface area contributed by atoms with Crippen LogP contribution < -0.4 is 10.2 Å². The van der Waals surface area contributed by atoms with Gasteiger partial charge < -0.3 is 15.1 Å². The van der Waals surface area contributed by atoms with Crippen LogP contribution in [0.25, 0.3) is 0 Å². The topological polar surface area (TPSA) is 69.7 Å². The van der Waals surface area contributed by atoms with E-state index in [0.29, 0.717) is 6.54 Å². The first kappa shape index (κ1) is 26.2. The van der Waals surface area contributed by atoms with E-state index in [4.69, 9.17) is 0 Å². The van der Waals surface area contributed by atoms with Crippen molar-refractivity contribution < 1.29 is 27.6 Å². The molecule has 1 saturated heterocycles. The van der Waals surface area contributed by atoms with E-state index in [1.807, 2.05) is 29.6 Å². The lowest BCUT2D eigenvalue weighted by molar-refractivity contribution is -0.135. The van der Waals surface area contributed by atoms with Gasteiger partial charge >= 0.3 is 6.18 Å². The molecule has 2 aromatic carbocycles. The molecule has 188 valence electrons. The number of rotatable bonds is 8. The molecule has 2 aromatic rings. The molecule has 6 nitrogen and oxygen atoms in total. The lowest BCUT2D eigenvalue weighted by Crippen LogP contribution is -2.34. The van der Waals surface area contributed by atoms with E-state index in [2.05, 4.69) is 13.8 Å². The number of alkyl halides is 3. The van der Waals surface area contributed by atoms with Gasteiger partial charge in [-0.3, -0.25) is 14.4 Å². The van der Waals surface area contributed by atoms with Gasteiger partial charge in [0.05, 0.1) is 5.92 Å². The van der Waals surface area contributed by atoms with Crippen molar-refractivity contribution in [2.24, 2.45) is 5.92 Å². The zero-order chi connectivity index (χ0) is 25.8. The number of hydrogen-bond acceptors (Lipinski definition) is 3. The fraction of sp³-hybridized carbons (Fsp3) is 0.423. The molecular weight excluding hydrogens is 459 g/mol. The standard InChI is InChI=1S/C26H30F3N3O3/c1-4-17(2)21-7-5-6-8-22(21)32-15-20(13-23(32)33)25(35)31(3)14-18-9-11-19(12-10-18)24(34)30-16-26(27,28)29/h5-12,17,20H,4,13-16H2,1-3H3,(H,30,34). The highest BCUT2D eigenvalue weighted by Gasteiger charge is 2.37. The fourth-order valence-corrected chi connectivity index (χ4v) is 4.18. The third-order valence-electron chi connectivity index (χ3n) is 6.31. The summed E-state index contributed by atoms with van der Waals surface area (Å²) >= 11 is 0. The van der Waals surface area contributed by atoms with Gasteiger partial charge in [0.15, 0.2) is 0 Å². The summed E-state index contributed by atoms with van der Waals surface area (Å²) in [7, 11) is 1.65. The number of amides is 3. The summed E-state index contributed by atoms with van der Waals surface area (Å²) in [6, 6.07) is 13.8. The summed E-state index contributed by atoms with van der Waals surface area (Å²) < 4.78 is 36.8. The molecular formula is C26H30F3N3O3. The second-order valence-electron chi connectivity index (χ2n) is 8.96. The van der Waals surface area contributed by atoms with Gasteiger partial charge in [-0.1, -0.05) is 44.2 Å². The molecule has 1 fully saturated rings. The highest BCUT2D eigenvalue weighted by Crippen LogP contribution is 2.34. The van der Waals surface area contributed by atoms with Crippen molar-refractivity contribution in [3.8, 4) is 0 Å². The average molecular weight is 490 g/mol. The van der Waals surface area contributed by atoms with Gasteiger partial charge in [-0.05, 0) is 41.7 Å². The smallest absolute Gasteiger partial charge is 0.343 e. The zero-order valence-corrected chi connectivity index (χ0v) is 20.1. The summed E-state index contributed by atoms with van der Waals surface area (Å²) in [5, 5.41) is 1.83. The summed E-state index contributed by atoms with van der Waals surface area (Å²) in [5.41, 5.74) is 2.76. The molecule has 1 aliphatic heterocycles. The van der Waals surface area contributed by atoms with Crippen molar-refractivity contribution in [3.05, 3.63) is 65.2 Å². The molecule has 0 spiro atoms. The van der Waals surface area contributed by atoms with Gasteiger partial charge in [0.2, 0.25) is 11.8 Å². The molecule has 0 aromatic heterocycles. The lowest BCUT2D eigenvalue weighted by Gasteiger charge is -2.24. The van der Waals surface area contributed by atoms with Crippen LogP contribution >= 0.6 is 0 Å². The molecule has 2 unspecified atom stereocenters. The Bertz CT molecular complexity index is 1070. The van der Waals surface area contributed by atoms with Gasteiger partial charge in [0.25, 0.3) is 5.91 Å². The first-order valence-electron chi connectivity index (χ1n) is 11.6. The van der Waals surface area contributed by atoms with Gasteiger partial charge in [-0.15, -0.1) is 0 Å². The highest BCUT2D eigenvalue weighted by atomic mass is 19.4. The molecule has 0 radical (unpaired) electrons. The van der Waals surface area contributed by atoms with Gasteiger partial charge in [-0.2, -0.15) is 13.2 Å². The third-order valence-corrected chi connectivity index (χ3v) is 6.31. The molecule has 3 amide bonds. The molecule has 1 heterocycles. The van der Waals surface area contributed by atoms with Gasteiger partial charge in [0, 0.05) is 37.8 Å². The van der Waals surface area contributed by atoms with Crippen LogP contribution in [0.4, 0.5) is 18.9 Å². The number of carbonyl (C=O) groups is 3. The number of nitrogens with one attached hydrogen (secondary N) is 1. The maximum Gasteiger partial charge on any atom is 0.405 e. The average Bonchev–Trinajstić information content (AvgIpc) is 3.22. The number of anilines is 1. The Kier molecular flexibility index (Phi) is 8.19. The Morgan fingerprint density at radius 1 is 1.14 bits per heavy atom. The predicted molar refractivity (Wildman–Crippen MR) is 127 cm³/mol. The number of hydrogen-bond donors (Lipinski definition) is 1. The summed E-state index contributed by atoms with van der Waals surface area (Å²) in [4.78, 5) is 41.0. The Labute approximate surface area is 203 Å². The number of nitrogens with zero attached hydrogens (tertiary/aromatic N) is 2. The van der Waals surface area contributed by atoms with Crippen molar-refractivity contribution in [1.29, 1.82) is 0 Å². The fourth-order valence-electron chi connectivity index (χ4n) is 4.18. The zero-order valence-electron chi connectivity index (χ0n) is 20.1.